The fourth-order valence-electron chi connectivity index (χ4n) is 11.0. The molecule has 4 fully saturated rings. The van der Waals surface area contributed by atoms with Crippen LogP contribution in [0.15, 0.2) is 29.9 Å². The van der Waals surface area contributed by atoms with E-state index in [1.165, 1.54) is 25.7 Å². The van der Waals surface area contributed by atoms with Gasteiger partial charge in [-0.05, 0) is 115 Å². The smallest absolute Gasteiger partial charge is 0.302 e. The molecular formula is C39H56O6. The van der Waals surface area contributed by atoms with Crippen LogP contribution in [0.4, 0.5) is 0 Å². The number of hydrogen-bond donors (Lipinski definition) is 0. The van der Waals surface area contributed by atoms with E-state index in [1.807, 2.05) is 12.1 Å². The predicted molar refractivity (Wildman–Crippen MR) is 177 cm³/mol. The van der Waals surface area contributed by atoms with Crippen molar-refractivity contribution < 1.29 is 28.5 Å². The first kappa shape index (κ1) is 32.5. The summed E-state index contributed by atoms with van der Waals surface area (Å²) >= 11 is 0. The Labute approximate surface area is 271 Å². The van der Waals surface area contributed by atoms with Gasteiger partial charge in [-0.15, -0.1) is 0 Å². The van der Waals surface area contributed by atoms with Crippen molar-refractivity contribution >= 4 is 12.0 Å². The number of allylic oxidation sites excluding steroid dienone is 2. The minimum atomic E-state index is -0.141. The molecule has 0 bridgehead atoms. The van der Waals surface area contributed by atoms with Crippen molar-refractivity contribution in [1.29, 1.82) is 0 Å². The maximum absolute atomic E-state index is 11.6. The first-order valence-electron chi connectivity index (χ1n) is 17.5. The number of rotatable bonds is 9. The van der Waals surface area contributed by atoms with Gasteiger partial charge in [0.15, 0.2) is 11.5 Å². The average molecular weight is 621 g/mol. The number of carbonyl (C=O) groups excluding carboxylic acids is 1. The average Bonchev–Trinajstić information content (AvgIpc) is 3.50. The van der Waals surface area contributed by atoms with E-state index in [-0.39, 0.29) is 17.5 Å². The van der Waals surface area contributed by atoms with Gasteiger partial charge in [-0.3, -0.25) is 4.79 Å². The van der Waals surface area contributed by atoms with Crippen LogP contribution in [0.25, 0.3) is 6.08 Å². The SMILES string of the molecule is COc1cc(/C=C/[C@H](C)CC[C@H]2O[C@H]3C[C@H]4[C@@H]5CC=C6C[C@@H](OC(C)=O)CC[C@]6(C)[C@H]5CC[C@]4(C)[C@H]3[C@@H]2C)cc(OC)c1OC. The van der Waals surface area contributed by atoms with Crippen LogP contribution >= 0.6 is 0 Å². The lowest BCUT2D eigenvalue weighted by Crippen LogP contribution is -2.51. The minimum Gasteiger partial charge on any atom is -0.493 e. The first-order valence-corrected chi connectivity index (χ1v) is 17.5. The third-order valence-corrected chi connectivity index (χ3v) is 13.2. The van der Waals surface area contributed by atoms with Gasteiger partial charge < -0.3 is 23.7 Å². The van der Waals surface area contributed by atoms with Crippen molar-refractivity contribution in [2.24, 2.45) is 46.3 Å². The lowest BCUT2D eigenvalue weighted by atomic mass is 9.47. The third-order valence-electron chi connectivity index (χ3n) is 13.2. The van der Waals surface area contributed by atoms with Gasteiger partial charge in [-0.2, -0.15) is 0 Å². The summed E-state index contributed by atoms with van der Waals surface area (Å²) in [5, 5.41) is 0. The van der Waals surface area contributed by atoms with E-state index in [4.69, 9.17) is 23.7 Å². The van der Waals surface area contributed by atoms with Crippen LogP contribution in [0.3, 0.4) is 0 Å². The van der Waals surface area contributed by atoms with Gasteiger partial charge in [0, 0.05) is 13.3 Å². The summed E-state index contributed by atoms with van der Waals surface area (Å²) in [7, 11) is 4.94. The van der Waals surface area contributed by atoms with Gasteiger partial charge in [-0.1, -0.05) is 51.5 Å². The highest BCUT2D eigenvalue weighted by Gasteiger charge is 2.65. The summed E-state index contributed by atoms with van der Waals surface area (Å²) in [6.45, 7) is 11.5. The Balaban J connectivity index is 1.08. The summed E-state index contributed by atoms with van der Waals surface area (Å²) in [6.07, 6.45) is 18.2. The van der Waals surface area contributed by atoms with Crippen molar-refractivity contribution in [1.82, 2.24) is 0 Å². The van der Waals surface area contributed by atoms with E-state index in [1.54, 1.807) is 33.8 Å². The molecule has 0 unspecified atom stereocenters. The molecule has 0 spiro atoms. The number of ether oxygens (including phenoxy) is 5. The molecule has 5 aliphatic rings. The van der Waals surface area contributed by atoms with Gasteiger partial charge in [0.05, 0.1) is 33.5 Å². The molecule has 6 rings (SSSR count). The highest BCUT2D eigenvalue weighted by atomic mass is 16.5. The quantitative estimate of drug-likeness (QED) is 0.203. The molecule has 4 aliphatic carbocycles. The fraction of sp³-hybridized carbons (Fsp3) is 0.718. The van der Waals surface area contributed by atoms with Crippen LogP contribution in [0.1, 0.15) is 98.0 Å². The molecule has 6 nitrogen and oxygen atoms in total. The lowest BCUT2D eigenvalue weighted by molar-refractivity contribution is -0.148. The first-order chi connectivity index (χ1) is 21.5. The highest BCUT2D eigenvalue weighted by Crippen LogP contribution is 2.69. The summed E-state index contributed by atoms with van der Waals surface area (Å²) < 4.78 is 29.2. The van der Waals surface area contributed by atoms with Crippen LogP contribution in [0.5, 0.6) is 17.2 Å². The molecule has 1 heterocycles. The van der Waals surface area contributed by atoms with Crippen molar-refractivity contribution in [2.45, 2.75) is 111 Å². The van der Waals surface area contributed by atoms with Crippen LogP contribution in [-0.4, -0.2) is 45.6 Å². The number of carbonyl (C=O) groups is 1. The van der Waals surface area contributed by atoms with E-state index in [0.29, 0.717) is 52.6 Å². The zero-order chi connectivity index (χ0) is 32.1. The zero-order valence-corrected chi connectivity index (χ0v) is 28.9. The monoisotopic (exact) mass is 620 g/mol. The van der Waals surface area contributed by atoms with Crippen LogP contribution < -0.4 is 14.2 Å². The lowest BCUT2D eigenvalue weighted by Gasteiger charge is -2.58. The van der Waals surface area contributed by atoms with Crippen molar-refractivity contribution in [3.63, 3.8) is 0 Å². The summed E-state index contributed by atoms with van der Waals surface area (Å²) in [4.78, 5) is 11.6. The number of fused-ring (bicyclic) bond motifs is 7. The second-order valence-corrected chi connectivity index (χ2v) is 15.5. The molecule has 0 N–H and O–H groups in total. The van der Waals surface area contributed by atoms with Gasteiger partial charge in [-0.25, -0.2) is 0 Å². The van der Waals surface area contributed by atoms with E-state index >= 15 is 0 Å². The molecule has 3 saturated carbocycles. The van der Waals surface area contributed by atoms with Gasteiger partial charge in [0.1, 0.15) is 6.10 Å². The Morgan fingerprint density at radius 1 is 1.07 bits per heavy atom. The maximum Gasteiger partial charge on any atom is 0.302 e. The van der Waals surface area contributed by atoms with Crippen LogP contribution in [-0.2, 0) is 14.3 Å². The topological polar surface area (TPSA) is 63.2 Å². The third kappa shape index (κ3) is 5.72. The Morgan fingerprint density at radius 2 is 1.80 bits per heavy atom. The molecule has 1 aromatic carbocycles. The molecule has 0 radical (unpaired) electrons. The maximum atomic E-state index is 11.6. The number of esters is 1. The largest absolute Gasteiger partial charge is 0.493 e. The summed E-state index contributed by atoms with van der Waals surface area (Å²) in [5.74, 6) is 5.78. The van der Waals surface area contributed by atoms with E-state index in [9.17, 15) is 4.79 Å². The van der Waals surface area contributed by atoms with Gasteiger partial charge >= 0.3 is 5.97 Å². The predicted octanol–water partition coefficient (Wildman–Crippen LogP) is 8.67. The number of benzene rings is 1. The van der Waals surface area contributed by atoms with Crippen molar-refractivity contribution in [2.75, 3.05) is 21.3 Å². The van der Waals surface area contributed by atoms with Gasteiger partial charge in [0.25, 0.3) is 0 Å². The molecule has 1 aromatic rings. The Morgan fingerprint density at radius 3 is 2.47 bits per heavy atom. The normalized spacial score (nSPS) is 39.2. The van der Waals surface area contributed by atoms with E-state index in [2.05, 4.69) is 45.9 Å². The molecule has 45 heavy (non-hydrogen) atoms. The number of methoxy groups -OCH3 is 3. The Kier molecular flexibility index (Phi) is 9.10. The fourth-order valence-corrected chi connectivity index (χ4v) is 11.0. The minimum absolute atomic E-state index is 0.0666. The van der Waals surface area contributed by atoms with Crippen molar-refractivity contribution in [3.8, 4) is 17.2 Å². The number of hydrogen-bond acceptors (Lipinski definition) is 6. The van der Waals surface area contributed by atoms with Crippen LogP contribution in [0, 0.1) is 46.3 Å². The molecule has 11 atom stereocenters. The summed E-state index contributed by atoms with van der Waals surface area (Å²) in [5.41, 5.74) is 3.25. The molecule has 248 valence electrons. The Bertz CT molecular complexity index is 1290. The van der Waals surface area contributed by atoms with E-state index < -0.39 is 0 Å². The molecule has 0 aromatic heterocycles. The molecule has 1 aliphatic heterocycles. The van der Waals surface area contributed by atoms with Crippen molar-refractivity contribution in [3.05, 3.63) is 35.4 Å². The standard InChI is InChI=1S/C39H56O6/c1-23(9-11-26-19-34(41-6)37(43-8)35(20-26)42-7)10-14-32-24(2)36-33(45-32)22-31-29-13-12-27-21-28(44-25(3)40)15-17-38(27,4)30(29)16-18-39(31,36)5/h9,11-12,19-20,23-24,28-33,36H,10,13-18,21-22H2,1-8H3/b11-9+/t23-,24+,28-,29+,30-,31-,32+,33-,36-,38-,39-/m0/s1. The Hall–Kier alpha value is -2.47. The highest BCUT2D eigenvalue weighted by molar-refractivity contribution is 5.66. The second kappa shape index (κ2) is 12.6. The molecule has 6 heteroatoms. The van der Waals surface area contributed by atoms with Crippen LogP contribution in [0.2, 0.25) is 0 Å². The molecule has 1 saturated heterocycles. The van der Waals surface area contributed by atoms with Gasteiger partial charge in [0.2, 0.25) is 5.75 Å². The molecular weight excluding hydrogens is 564 g/mol. The second-order valence-electron chi connectivity index (χ2n) is 15.5. The van der Waals surface area contributed by atoms with E-state index in [0.717, 1.165) is 55.4 Å². The zero-order valence-electron chi connectivity index (χ0n) is 28.9. The summed E-state index contributed by atoms with van der Waals surface area (Å²) in [6, 6.07) is 3.99. The molecule has 0 amide bonds.